The molecule has 2 aromatic heterocycles. The third-order valence-corrected chi connectivity index (χ3v) is 5.93. The molecule has 0 spiro atoms. The summed E-state index contributed by atoms with van der Waals surface area (Å²) in [5, 5.41) is 19.0. The standard InChI is InChI=1S/C22H16BrN3O5S/c1-12-18(9-24-31-12)20(28)25-15-6-7-17(19(27)8-15)22(29)30-10-16-11-32-21(26-16)13-2-4-14(23)5-3-13/h2-9,11,27H,10H2,1H3,(H,25,28). The van der Waals surface area contributed by atoms with Crippen molar-refractivity contribution in [2.45, 2.75) is 13.5 Å². The van der Waals surface area contributed by atoms with E-state index in [0.29, 0.717) is 17.1 Å². The summed E-state index contributed by atoms with van der Waals surface area (Å²) in [6.45, 7) is 1.58. The molecule has 0 atom stereocenters. The SMILES string of the molecule is Cc1oncc1C(=O)Nc1ccc(C(=O)OCc2csc(-c3ccc(Br)cc3)n2)c(O)c1. The van der Waals surface area contributed by atoms with Crippen molar-refractivity contribution in [3.05, 3.63) is 81.1 Å². The number of thiazole rings is 1. The molecule has 0 saturated carbocycles. The van der Waals surface area contributed by atoms with Crippen LogP contribution in [0.25, 0.3) is 10.6 Å². The van der Waals surface area contributed by atoms with Crippen LogP contribution in [0.3, 0.4) is 0 Å². The number of rotatable bonds is 6. The van der Waals surface area contributed by atoms with Crippen LogP contribution in [0.5, 0.6) is 5.75 Å². The zero-order valence-corrected chi connectivity index (χ0v) is 19.1. The summed E-state index contributed by atoms with van der Waals surface area (Å²) in [6, 6.07) is 11.9. The molecule has 0 aliphatic heterocycles. The van der Waals surface area contributed by atoms with Crippen LogP contribution in [0, 0.1) is 6.92 Å². The predicted octanol–water partition coefficient (Wildman–Crippen LogP) is 5.18. The molecule has 4 rings (SSSR count). The lowest BCUT2D eigenvalue weighted by Crippen LogP contribution is -2.12. The van der Waals surface area contributed by atoms with E-state index in [-0.39, 0.29) is 23.5 Å². The fraction of sp³-hybridized carbons (Fsp3) is 0.0909. The highest BCUT2D eigenvalue weighted by atomic mass is 79.9. The number of amides is 1. The van der Waals surface area contributed by atoms with Crippen molar-refractivity contribution >= 4 is 44.8 Å². The van der Waals surface area contributed by atoms with Gasteiger partial charge in [-0.3, -0.25) is 4.79 Å². The minimum atomic E-state index is -0.701. The van der Waals surface area contributed by atoms with Gasteiger partial charge in [-0.2, -0.15) is 0 Å². The number of carbonyl (C=O) groups excluding carboxylic acids is 2. The molecule has 0 unspecified atom stereocenters. The van der Waals surface area contributed by atoms with Crippen molar-refractivity contribution < 1.29 is 24.0 Å². The lowest BCUT2D eigenvalue weighted by molar-refractivity contribution is 0.0465. The normalized spacial score (nSPS) is 10.7. The van der Waals surface area contributed by atoms with Gasteiger partial charge in [0.1, 0.15) is 34.3 Å². The third kappa shape index (κ3) is 4.87. The van der Waals surface area contributed by atoms with Gasteiger partial charge in [0.05, 0.1) is 11.9 Å². The smallest absolute Gasteiger partial charge is 0.342 e. The van der Waals surface area contributed by atoms with E-state index in [4.69, 9.17) is 9.26 Å². The van der Waals surface area contributed by atoms with E-state index in [1.54, 1.807) is 6.92 Å². The summed E-state index contributed by atoms with van der Waals surface area (Å²) < 4.78 is 11.1. The molecule has 162 valence electrons. The molecule has 1 amide bonds. The third-order valence-electron chi connectivity index (χ3n) is 4.46. The van der Waals surface area contributed by atoms with E-state index in [1.165, 1.54) is 35.7 Å². The first-order valence-electron chi connectivity index (χ1n) is 9.34. The van der Waals surface area contributed by atoms with Crippen molar-refractivity contribution in [2.75, 3.05) is 5.32 Å². The Morgan fingerprint density at radius 2 is 1.97 bits per heavy atom. The molecule has 0 bridgehead atoms. The number of aryl methyl sites for hydroxylation is 1. The van der Waals surface area contributed by atoms with Crippen LogP contribution in [-0.2, 0) is 11.3 Å². The number of benzene rings is 2. The monoisotopic (exact) mass is 513 g/mol. The van der Waals surface area contributed by atoms with Crippen LogP contribution in [0.1, 0.15) is 32.2 Å². The van der Waals surface area contributed by atoms with Crippen molar-refractivity contribution in [1.29, 1.82) is 0 Å². The van der Waals surface area contributed by atoms with Crippen LogP contribution in [0.15, 0.2) is 63.0 Å². The lowest BCUT2D eigenvalue weighted by atomic mass is 10.1. The van der Waals surface area contributed by atoms with E-state index in [0.717, 1.165) is 15.0 Å². The van der Waals surface area contributed by atoms with Gasteiger partial charge >= 0.3 is 5.97 Å². The highest BCUT2D eigenvalue weighted by Gasteiger charge is 2.17. The second kappa shape index (κ2) is 9.33. The topological polar surface area (TPSA) is 115 Å². The fourth-order valence-electron chi connectivity index (χ4n) is 2.81. The maximum Gasteiger partial charge on any atom is 0.342 e. The number of phenols is 1. The van der Waals surface area contributed by atoms with E-state index in [9.17, 15) is 14.7 Å². The molecular formula is C22H16BrN3O5S. The van der Waals surface area contributed by atoms with Crippen molar-refractivity contribution in [1.82, 2.24) is 10.1 Å². The van der Waals surface area contributed by atoms with E-state index in [1.807, 2.05) is 29.6 Å². The second-order valence-corrected chi connectivity index (χ2v) is 8.48. The molecule has 2 aromatic carbocycles. The zero-order valence-electron chi connectivity index (χ0n) is 16.7. The summed E-state index contributed by atoms with van der Waals surface area (Å²) in [7, 11) is 0. The van der Waals surface area contributed by atoms with Crippen LogP contribution in [0.2, 0.25) is 0 Å². The summed E-state index contributed by atoms with van der Waals surface area (Å²) in [4.78, 5) is 29.1. The number of nitrogens with zero attached hydrogens (tertiary/aromatic N) is 2. The number of esters is 1. The van der Waals surface area contributed by atoms with Crippen molar-refractivity contribution in [3.8, 4) is 16.3 Å². The number of halogens is 1. The molecule has 2 N–H and O–H groups in total. The Morgan fingerprint density at radius 1 is 1.19 bits per heavy atom. The number of hydrogen-bond donors (Lipinski definition) is 2. The van der Waals surface area contributed by atoms with Gasteiger partial charge in [-0.25, -0.2) is 9.78 Å². The Morgan fingerprint density at radius 3 is 2.66 bits per heavy atom. The highest BCUT2D eigenvalue weighted by molar-refractivity contribution is 9.10. The van der Waals surface area contributed by atoms with Crippen LogP contribution >= 0.6 is 27.3 Å². The second-order valence-electron chi connectivity index (χ2n) is 6.71. The number of aromatic hydroxyl groups is 1. The molecule has 8 nitrogen and oxygen atoms in total. The molecule has 0 saturated heterocycles. The highest BCUT2D eigenvalue weighted by Crippen LogP contribution is 2.27. The van der Waals surface area contributed by atoms with Crippen LogP contribution in [0.4, 0.5) is 5.69 Å². The number of nitrogens with one attached hydrogen (secondary N) is 1. The van der Waals surface area contributed by atoms with E-state index in [2.05, 4.69) is 31.4 Å². The average molecular weight is 514 g/mol. The summed E-state index contributed by atoms with van der Waals surface area (Å²) in [5.74, 6) is -1.09. The number of hydrogen-bond acceptors (Lipinski definition) is 8. The Labute approximate surface area is 195 Å². The van der Waals surface area contributed by atoms with Gasteiger partial charge in [0.15, 0.2) is 0 Å². The molecule has 10 heteroatoms. The number of aromatic nitrogens is 2. The molecular weight excluding hydrogens is 498 g/mol. The first kappa shape index (κ1) is 21.7. The molecule has 0 aliphatic carbocycles. The number of anilines is 1. The van der Waals surface area contributed by atoms with Crippen molar-refractivity contribution in [3.63, 3.8) is 0 Å². The Hall–Kier alpha value is -3.50. The Kier molecular flexibility index (Phi) is 6.33. The quantitative estimate of drug-likeness (QED) is 0.341. The van der Waals surface area contributed by atoms with Gasteiger partial charge in [-0.1, -0.05) is 33.2 Å². The number of ether oxygens (including phenoxy) is 1. The molecule has 0 radical (unpaired) electrons. The van der Waals surface area contributed by atoms with Gasteiger partial charge in [-0.15, -0.1) is 11.3 Å². The van der Waals surface area contributed by atoms with Gasteiger partial charge in [0.25, 0.3) is 5.91 Å². The largest absolute Gasteiger partial charge is 0.507 e. The number of carbonyl (C=O) groups is 2. The van der Waals surface area contributed by atoms with Gasteiger partial charge in [0, 0.05) is 27.2 Å². The number of phenolic OH excluding ortho intramolecular Hbond substituents is 1. The van der Waals surface area contributed by atoms with E-state index >= 15 is 0 Å². The molecule has 2 heterocycles. The summed E-state index contributed by atoms with van der Waals surface area (Å²) in [6.07, 6.45) is 1.30. The summed E-state index contributed by atoms with van der Waals surface area (Å²) >= 11 is 4.85. The lowest BCUT2D eigenvalue weighted by Gasteiger charge is -2.08. The van der Waals surface area contributed by atoms with E-state index < -0.39 is 11.9 Å². The Balaban J connectivity index is 1.38. The predicted molar refractivity (Wildman–Crippen MR) is 122 cm³/mol. The Bertz CT molecular complexity index is 1280. The first-order chi connectivity index (χ1) is 15.4. The zero-order chi connectivity index (χ0) is 22.7. The molecule has 32 heavy (non-hydrogen) atoms. The average Bonchev–Trinajstić information content (AvgIpc) is 3.42. The minimum Gasteiger partial charge on any atom is -0.507 e. The fourth-order valence-corrected chi connectivity index (χ4v) is 3.89. The van der Waals surface area contributed by atoms with Crippen molar-refractivity contribution in [2.24, 2.45) is 0 Å². The van der Waals surface area contributed by atoms with Crippen LogP contribution in [-0.4, -0.2) is 27.1 Å². The summed E-state index contributed by atoms with van der Waals surface area (Å²) in [5.41, 5.74) is 2.13. The first-order valence-corrected chi connectivity index (χ1v) is 11.0. The maximum atomic E-state index is 12.4. The van der Waals surface area contributed by atoms with Crippen LogP contribution < -0.4 is 5.32 Å². The van der Waals surface area contributed by atoms with Gasteiger partial charge < -0.3 is 19.7 Å². The van der Waals surface area contributed by atoms with Gasteiger partial charge in [0.2, 0.25) is 0 Å². The molecule has 0 aliphatic rings. The minimum absolute atomic E-state index is 0.0208. The maximum absolute atomic E-state index is 12.4. The molecule has 0 fully saturated rings. The molecule has 4 aromatic rings. The van der Waals surface area contributed by atoms with Gasteiger partial charge in [-0.05, 0) is 31.2 Å².